The summed E-state index contributed by atoms with van der Waals surface area (Å²) in [7, 11) is 0. The summed E-state index contributed by atoms with van der Waals surface area (Å²) in [5.41, 5.74) is 10.4. The number of hydrogen-bond acceptors (Lipinski definition) is 5. The normalized spacial score (nSPS) is 21.5. The first-order valence-electron chi connectivity index (χ1n) is 11.8. The lowest BCUT2D eigenvalue weighted by molar-refractivity contribution is -0.138. The number of amides is 1. The summed E-state index contributed by atoms with van der Waals surface area (Å²) in [6.45, 7) is 0. The van der Waals surface area contributed by atoms with E-state index in [0.717, 1.165) is 42.7 Å². The largest absolute Gasteiger partial charge is 0.481 e. The zero-order valence-electron chi connectivity index (χ0n) is 19.1. The molecule has 5 rings (SSSR count). The van der Waals surface area contributed by atoms with Crippen molar-refractivity contribution in [1.82, 2.24) is 10.2 Å². The molecule has 1 saturated carbocycles. The van der Waals surface area contributed by atoms with Crippen LogP contribution in [0.2, 0.25) is 5.02 Å². The predicted octanol–water partition coefficient (Wildman–Crippen LogP) is 6.04. The van der Waals surface area contributed by atoms with Gasteiger partial charge in [-0.05, 0) is 67.9 Å². The first-order valence-corrected chi connectivity index (χ1v) is 13.1. The third-order valence-corrected chi connectivity index (χ3v) is 8.59. The monoisotopic (exact) mass is 510 g/mol. The van der Waals surface area contributed by atoms with Crippen molar-refractivity contribution in [2.75, 3.05) is 16.8 Å². The number of carboxylic acid groups (broad SMARTS) is 1. The fourth-order valence-electron chi connectivity index (χ4n) is 5.24. The molecule has 1 fully saturated rings. The van der Waals surface area contributed by atoms with Crippen LogP contribution in [0.4, 0.5) is 11.4 Å². The molecule has 0 saturated heterocycles. The van der Waals surface area contributed by atoms with Crippen LogP contribution in [0.1, 0.15) is 54.1 Å². The van der Waals surface area contributed by atoms with E-state index < -0.39 is 5.97 Å². The zero-order valence-corrected chi connectivity index (χ0v) is 20.7. The molecule has 0 radical (unpaired) electrons. The number of nitrogens with zero attached hydrogens (tertiary/aromatic N) is 1. The Hall–Kier alpha value is -2.97. The van der Waals surface area contributed by atoms with Crippen molar-refractivity contribution >= 4 is 46.6 Å². The Morgan fingerprint density at radius 2 is 1.89 bits per heavy atom. The van der Waals surface area contributed by atoms with E-state index in [1.807, 2.05) is 36.0 Å². The number of thioether (sulfide) groups is 1. The molecule has 2 aromatic carbocycles. The molecule has 1 amide bonds. The van der Waals surface area contributed by atoms with E-state index in [-0.39, 0.29) is 12.3 Å². The van der Waals surface area contributed by atoms with Gasteiger partial charge in [-0.15, -0.1) is 11.8 Å². The van der Waals surface area contributed by atoms with E-state index in [0.29, 0.717) is 39.7 Å². The summed E-state index contributed by atoms with van der Waals surface area (Å²) < 4.78 is 0. The molecule has 35 heavy (non-hydrogen) atoms. The SMILES string of the molecule is Nc1ccc(Cl)cc1C(=O)Nc1ccc(-c2n[nH]c3c2SCC3C2CCC(CC(=O)O)CC2)cc1. The van der Waals surface area contributed by atoms with Crippen LogP contribution >= 0.6 is 23.4 Å². The Morgan fingerprint density at radius 1 is 1.14 bits per heavy atom. The van der Waals surface area contributed by atoms with Crippen molar-refractivity contribution in [3.8, 4) is 11.3 Å². The number of hydrogen-bond donors (Lipinski definition) is 4. The van der Waals surface area contributed by atoms with Crippen LogP contribution in [0.15, 0.2) is 47.4 Å². The van der Waals surface area contributed by atoms with Gasteiger partial charge in [0.25, 0.3) is 5.91 Å². The molecule has 1 aromatic heterocycles. The van der Waals surface area contributed by atoms with E-state index in [1.165, 1.54) is 10.6 Å². The van der Waals surface area contributed by atoms with Crippen molar-refractivity contribution in [3.63, 3.8) is 0 Å². The standard InChI is InChI=1S/C26H27ClN4O3S/c27-17-7-10-21(28)19(12-17)26(34)29-18-8-5-16(6-9-18)23-25-24(31-30-23)20(13-35-25)15-3-1-14(2-4-15)11-22(32)33/h5-10,12,14-15,20H,1-4,11,13,28H2,(H,29,34)(H,30,31)(H,32,33). The van der Waals surface area contributed by atoms with Crippen LogP contribution in [0, 0.1) is 11.8 Å². The van der Waals surface area contributed by atoms with Gasteiger partial charge >= 0.3 is 5.97 Å². The summed E-state index contributed by atoms with van der Waals surface area (Å²) in [5, 5.41) is 20.3. The zero-order chi connectivity index (χ0) is 24.5. The molecular weight excluding hydrogens is 484 g/mol. The van der Waals surface area contributed by atoms with Gasteiger partial charge in [0, 0.05) is 40.1 Å². The molecule has 2 aliphatic rings. The van der Waals surface area contributed by atoms with Gasteiger partial charge < -0.3 is 16.2 Å². The molecule has 3 aromatic rings. The molecule has 9 heteroatoms. The van der Waals surface area contributed by atoms with Gasteiger partial charge in [0.1, 0.15) is 5.69 Å². The average molecular weight is 511 g/mol. The fraction of sp³-hybridized carbons (Fsp3) is 0.346. The number of benzene rings is 2. The number of rotatable bonds is 6. The summed E-state index contributed by atoms with van der Waals surface area (Å²) in [5.74, 6) is 1.34. The first-order chi connectivity index (χ1) is 16.9. The van der Waals surface area contributed by atoms with Crippen molar-refractivity contribution < 1.29 is 14.7 Å². The molecule has 1 aliphatic carbocycles. The maximum atomic E-state index is 12.6. The Morgan fingerprint density at radius 3 is 2.60 bits per heavy atom. The van der Waals surface area contributed by atoms with Gasteiger partial charge in [0.15, 0.2) is 0 Å². The molecule has 1 unspecified atom stereocenters. The molecule has 182 valence electrons. The highest BCUT2D eigenvalue weighted by atomic mass is 35.5. The molecule has 0 spiro atoms. The summed E-state index contributed by atoms with van der Waals surface area (Å²) in [6, 6.07) is 12.4. The highest BCUT2D eigenvalue weighted by molar-refractivity contribution is 7.99. The minimum Gasteiger partial charge on any atom is -0.481 e. The number of aliphatic carboxylic acids is 1. The van der Waals surface area contributed by atoms with Crippen LogP contribution in [-0.2, 0) is 4.79 Å². The smallest absolute Gasteiger partial charge is 0.303 e. The number of fused-ring (bicyclic) bond motifs is 1. The Bertz CT molecular complexity index is 1250. The number of carbonyl (C=O) groups excluding carboxylic acids is 1. The van der Waals surface area contributed by atoms with Gasteiger partial charge in [-0.3, -0.25) is 14.7 Å². The first kappa shape index (κ1) is 23.8. The number of aromatic amines is 1. The number of nitrogens with two attached hydrogens (primary N) is 1. The number of carboxylic acids is 1. The van der Waals surface area contributed by atoms with E-state index >= 15 is 0 Å². The lowest BCUT2D eigenvalue weighted by Gasteiger charge is -2.31. The van der Waals surface area contributed by atoms with E-state index in [4.69, 9.17) is 22.4 Å². The highest BCUT2D eigenvalue weighted by Crippen LogP contribution is 2.50. The van der Waals surface area contributed by atoms with E-state index in [9.17, 15) is 9.59 Å². The van der Waals surface area contributed by atoms with Crippen LogP contribution < -0.4 is 11.1 Å². The number of aromatic nitrogens is 2. The topological polar surface area (TPSA) is 121 Å². The minimum absolute atomic E-state index is 0.286. The van der Waals surface area contributed by atoms with Gasteiger partial charge in [0.2, 0.25) is 0 Å². The Kier molecular flexibility index (Phi) is 6.75. The molecule has 1 aliphatic heterocycles. The molecule has 2 heterocycles. The van der Waals surface area contributed by atoms with Gasteiger partial charge in [-0.1, -0.05) is 23.7 Å². The number of anilines is 2. The molecule has 0 bridgehead atoms. The fourth-order valence-corrected chi connectivity index (χ4v) is 6.85. The second-order valence-corrected chi connectivity index (χ2v) is 10.8. The minimum atomic E-state index is -0.690. The molecule has 7 nitrogen and oxygen atoms in total. The van der Waals surface area contributed by atoms with Crippen LogP contribution in [0.25, 0.3) is 11.3 Å². The third-order valence-electron chi connectivity index (χ3n) is 7.13. The second kappa shape index (κ2) is 9.95. The van der Waals surface area contributed by atoms with E-state index in [1.54, 1.807) is 18.2 Å². The highest BCUT2D eigenvalue weighted by Gasteiger charge is 2.36. The van der Waals surface area contributed by atoms with Crippen molar-refractivity contribution in [2.45, 2.75) is 42.9 Å². The second-order valence-electron chi connectivity index (χ2n) is 9.37. The molecule has 5 N–H and O–H groups in total. The summed E-state index contributed by atoms with van der Waals surface area (Å²) >= 11 is 7.84. The Balaban J connectivity index is 1.26. The van der Waals surface area contributed by atoms with Crippen LogP contribution in [0.5, 0.6) is 0 Å². The lowest BCUT2D eigenvalue weighted by atomic mass is 9.74. The maximum absolute atomic E-state index is 12.6. The summed E-state index contributed by atoms with van der Waals surface area (Å²) in [6.07, 6.45) is 4.41. The van der Waals surface area contributed by atoms with Crippen molar-refractivity contribution in [3.05, 3.63) is 58.7 Å². The van der Waals surface area contributed by atoms with Gasteiger partial charge in [-0.25, -0.2) is 0 Å². The number of nitrogens with one attached hydrogen (secondary N) is 2. The lowest BCUT2D eigenvalue weighted by Crippen LogP contribution is -2.22. The molecular formula is C26H27ClN4O3S. The average Bonchev–Trinajstić information content (AvgIpc) is 3.44. The summed E-state index contributed by atoms with van der Waals surface area (Å²) in [4.78, 5) is 24.8. The predicted molar refractivity (Wildman–Crippen MR) is 139 cm³/mol. The van der Waals surface area contributed by atoms with Crippen molar-refractivity contribution in [2.24, 2.45) is 11.8 Å². The number of carbonyl (C=O) groups is 2. The maximum Gasteiger partial charge on any atom is 0.303 e. The number of halogens is 1. The van der Waals surface area contributed by atoms with Gasteiger partial charge in [-0.2, -0.15) is 5.10 Å². The van der Waals surface area contributed by atoms with Crippen molar-refractivity contribution in [1.29, 1.82) is 0 Å². The molecule has 1 atom stereocenters. The van der Waals surface area contributed by atoms with E-state index in [2.05, 4.69) is 15.5 Å². The third kappa shape index (κ3) is 5.04. The Labute approximate surface area is 212 Å². The number of nitrogen functional groups attached to an aromatic ring is 1. The number of H-pyrrole nitrogens is 1. The van der Waals surface area contributed by atoms with Crippen LogP contribution in [-0.4, -0.2) is 32.9 Å². The van der Waals surface area contributed by atoms with Crippen LogP contribution in [0.3, 0.4) is 0 Å². The van der Waals surface area contributed by atoms with Gasteiger partial charge in [0.05, 0.1) is 16.2 Å². The quantitative estimate of drug-likeness (QED) is 0.300.